The third-order valence-electron chi connectivity index (χ3n) is 3.53. The SMILES string of the molecule is CC(C)OC(=O)COc1ccc(C=Nc2ccc(C(C)C)cc2)cc1. The lowest BCUT2D eigenvalue weighted by atomic mass is 10.0. The number of benzene rings is 2. The van der Waals surface area contributed by atoms with E-state index in [0.29, 0.717) is 11.7 Å². The number of nitrogens with zero attached hydrogens (tertiary/aromatic N) is 1. The minimum Gasteiger partial charge on any atom is -0.482 e. The molecule has 0 saturated carbocycles. The van der Waals surface area contributed by atoms with Gasteiger partial charge in [0.25, 0.3) is 0 Å². The van der Waals surface area contributed by atoms with Gasteiger partial charge in [-0.3, -0.25) is 4.99 Å². The molecule has 0 saturated heterocycles. The molecule has 4 heteroatoms. The highest BCUT2D eigenvalue weighted by Crippen LogP contribution is 2.19. The van der Waals surface area contributed by atoms with Crippen molar-refractivity contribution in [2.45, 2.75) is 39.7 Å². The number of carbonyl (C=O) groups is 1. The van der Waals surface area contributed by atoms with Gasteiger partial charge in [0, 0.05) is 6.21 Å². The standard InChI is InChI=1S/C21H25NO3/c1-15(2)18-7-9-19(10-8-18)22-13-17-5-11-20(12-6-17)24-14-21(23)25-16(3)4/h5-13,15-16H,14H2,1-4H3. The minimum absolute atomic E-state index is 0.0895. The van der Waals surface area contributed by atoms with E-state index in [1.54, 1.807) is 6.21 Å². The second-order valence-corrected chi connectivity index (χ2v) is 6.40. The fraction of sp³-hybridized carbons (Fsp3) is 0.333. The Morgan fingerprint density at radius 2 is 1.64 bits per heavy atom. The first-order chi connectivity index (χ1) is 11.9. The van der Waals surface area contributed by atoms with Crippen LogP contribution in [-0.4, -0.2) is 24.9 Å². The van der Waals surface area contributed by atoms with Crippen molar-refractivity contribution in [1.29, 1.82) is 0 Å². The number of hydrogen-bond acceptors (Lipinski definition) is 4. The highest BCUT2D eigenvalue weighted by atomic mass is 16.6. The zero-order valence-corrected chi connectivity index (χ0v) is 15.2. The number of aliphatic imine (C=N–C) groups is 1. The van der Waals surface area contributed by atoms with Gasteiger partial charge in [0.2, 0.25) is 0 Å². The van der Waals surface area contributed by atoms with Crippen LogP contribution in [-0.2, 0) is 9.53 Å². The molecule has 0 spiro atoms. The predicted molar refractivity (Wildman–Crippen MR) is 101 cm³/mol. The topological polar surface area (TPSA) is 47.9 Å². The maximum absolute atomic E-state index is 11.5. The molecule has 0 amide bonds. The molecule has 0 N–H and O–H groups in total. The molecule has 0 bridgehead atoms. The lowest BCUT2D eigenvalue weighted by molar-refractivity contribution is -0.149. The Labute approximate surface area is 149 Å². The third kappa shape index (κ3) is 6.42. The second kappa shape index (κ2) is 9.02. The van der Waals surface area contributed by atoms with Crippen molar-refractivity contribution in [3.8, 4) is 5.75 Å². The number of esters is 1. The van der Waals surface area contributed by atoms with E-state index < -0.39 is 0 Å². The molecule has 2 rings (SSSR count). The Morgan fingerprint density at radius 3 is 2.20 bits per heavy atom. The smallest absolute Gasteiger partial charge is 0.344 e. The van der Waals surface area contributed by atoms with Crippen molar-refractivity contribution in [3.63, 3.8) is 0 Å². The van der Waals surface area contributed by atoms with E-state index in [1.807, 2.05) is 50.2 Å². The van der Waals surface area contributed by atoms with Gasteiger partial charge in [0.1, 0.15) is 5.75 Å². The minimum atomic E-state index is -0.370. The van der Waals surface area contributed by atoms with Crippen LogP contribution in [0.3, 0.4) is 0 Å². The predicted octanol–water partition coefficient (Wildman–Crippen LogP) is 4.89. The lowest BCUT2D eigenvalue weighted by Crippen LogP contribution is -2.18. The maximum atomic E-state index is 11.5. The number of rotatable bonds is 7. The molecule has 0 aliphatic carbocycles. The molecule has 2 aromatic carbocycles. The highest BCUT2D eigenvalue weighted by molar-refractivity contribution is 5.82. The van der Waals surface area contributed by atoms with Gasteiger partial charge in [0.15, 0.2) is 6.61 Å². The summed E-state index contributed by atoms with van der Waals surface area (Å²) in [6.45, 7) is 7.87. The summed E-state index contributed by atoms with van der Waals surface area (Å²) in [7, 11) is 0. The molecular formula is C21H25NO3. The van der Waals surface area contributed by atoms with Crippen molar-refractivity contribution in [2.75, 3.05) is 6.61 Å². The Bertz CT molecular complexity index is 701. The summed E-state index contributed by atoms with van der Waals surface area (Å²) in [6, 6.07) is 15.7. The molecule has 0 fully saturated rings. The molecule has 0 heterocycles. The summed E-state index contributed by atoms with van der Waals surface area (Å²) in [5, 5.41) is 0. The maximum Gasteiger partial charge on any atom is 0.344 e. The lowest BCUT2D eigenvalue weighted by Gasteiger charge is -2.09. The van der Waals surface area contributed by atoms with E-state index in [2.05, 4.69) is 31.0 Å². The van der Waals surface area contributed by atoms with E-state index in [1.165, 1.54) is 5.56 Å². The Balaban J connectivity index is 1.90. The Kier molecular flexibility index (Phi) is 6.75. The molecule has 0 aliphatic heterocycles. The number of ether oxygens (including phenoxy) is 2. The largest absolute Gasteiger partial charge is 0.482 e. The summed E-state index contributed by atoms with van der Waals surface area (Å²) < 4.78 is 10.4. The summed E-state index contributed by atoms with van der Waals surface area (Å²) in [5.74, 6) is 0.771. The molecule has 0 radical (unpaired) electrons. The Hall–Kier alpha value is -2.62. The summed E-state index contributed by atoms with van der Waals surface area (Å²) in [4.78, 5) is 15.9. The summed E-state index contributed by atoms with van der Waals surface area (Å²) in [5.41, 5.74) is 3.18. The fourth-order valence-electron chi connectivity index (χ4n) is 2.18. The van der Waals surface area contributed by atoms with Crippen molar-refractivity contribution in [1.82, 2.24) is 0 Å². The molecule has 0 unspecified atom stereocenters. The normalized spacial score (nSPS) is 11.3. The van der Waals surface area contributed by atoms with E-state index in [-0.39, 0.29) is 18.7 Å². The van der Waals surface area contributed by atoms with Crippen LogP contribution in [0.1, 0.15) is 44.7 Å². The summed E-state index contributed by atoms with van der Waals surface area (Å²) in [6.07, 6.45) is 1.67. The van der Waals surface area contributed by atoms with Crippen molar-refractivity contribution in [3.05, 3.63) is 59.7 Å². The molecule has 25 heavy (non-hydrogen) atoms. The van der Waals surface area contributed by atoms with Gasteiger partial charge in [-0.15, -0.1) is 0 Å². The van der Waals surface area contributed by atoms with Gasteiger partial charge in [-0.05, 0) is 67.3 Å². The van der Waals surface area contributed by atoms with E-state index in [0.717, 1.165) is 11.3 Å². The molecule has 4 nitrogen and oxygen atoms in total. The average molecular weight is 339 g/mol. The molecule has 0 aliphatic rings. The van der Waals surface area contributed by atoms with Crippen LogP contribution in [0.2, 0.25) is 0 Å². The molecule has 0 atom stereocenters. The van der Waals surface area contributed by atoms with Gasteiger partial charge >= 0.3 is 5.97 Å². The van der Waals surface area contributed by atoms with Gasteiger partial charge < -0.3 is 9.47 Å². The quantitative estimate of drug-likeness (QED) is 0.533. The van der Waals surface area contributed by atoms with Gasteiger partial charge in [-0.25, -0.2) is 4.79 Å². The molecule has 132 valence electrons. The van der Waals surface area contributed by atoms with Crippen LogP contribution in [0.5, 0.6) is 5.75 Å². The number of carbonyl (C=O) groups excluding carboxylic acids is 1. The van der Waals surface area contributed by atoms with Crippen molar-refractivity contribution >= 4 is 17.9 Å². The van der Waals surface area contributed by atoms with Crippen molar-refractivity contribution in [2.24, 2.45) is 4.99 Å². The van der Waals surface area contributed by atoms with Crippen LogP contribution in [0.25, 0.3) is 0 Å². The summed E-state index contributed by atoms with van der Waals surface area (Å²) >= 11 is 0. The average Bonchev–Trinajstić information content (AvgIpc) is 2.59. The van der Waals surface area contributed by atoms with E-state index >= 15 is 0 Å². The van der Waals surface area contributed by atoms with Crippen LogP contribution >= 0.6 is 0 Å². The zero-order valence-electron chi connectivity index (χ0n) is 15.2. The number of hydrogen-bond donors (Lipinski definition) is 0. The first-order valence-electron chi connectivity index (χ1n) is 8.50. The van der Waals surface area contributed by atoms with Gasteiger partial charge in [-0.1, -0.05) is 26.0 Å². The Morgan fingerprint density at radius 1 is 1.00 bits per heavy atom. The van der Waals surface area contributed by atoms with Gasteiger partial charge in [0.05, 0.1) is 11.8 Å². The molecular weight excluding hydrogens is 314 g/mol. The van der Waals surface area contributed by atoms with Gasteiger partial charge in [-0.2, -0.15) is 0 Å². The monoisotopic (exact) mass is 339 g/mol. The van der Waals surface area contributed by atoms with E-state index in [9.17, 15) is 4.79 Å². The molecule has 2 aromatic rings. The highest BCUT2D eigenvalue weighted by Gasteiger charge is 2.06. The van der Waals surface area contributed by atoms with Crippen LogP contribution in [0.15, 0.2) is 53.5 Å². The molecule has 0 aromatic heterocycles. The first kappa shape index (κ1) is 18.7. The van der Waals surface area contributed by atoms with E-state index in [4.69, 9.17) is 9.47 Å². The van der Waals surface area contributed by atoms with Crippen molar-refractivity contribution < 1.29 is 14.3 Å². The third-order valence-corrected chi connectivity index (χ3v) is 3.53. The van der Waals surface area contributed by atoms with Crippen LogP contribution in [0, 0.1) is 0 Å². The second-order valence-electron chi connectivity index (χ2n) is 6.40. The van der Waals surface area contributed by atoms with Crippen LogP contribution in [0.4, 0.5) is 5.69 Å². The zero-order chi connectivity index (χ0) is 18.2. The fourth-order valence-corrected chi connectivity index (χ4v) is 2.18. The first-order valence-corrected chi connectivity index (χ1v) is 8.50. The van der Waals surface area contributed by atoms with Crippen LogP contribution < -0.4 is 4.74 Å².